The van der Waals surface area contributed by atoms with Gasteiger partial charge in [-0.25, -0.2) is 4.98 Å². The molecule has 0 aliphatic carbocycles. The van der Waals surface area contributed by atoms with Crippen molar-refractivity contribution in [3.05, 3.63) is 59.1 Å². The summed E-state index contributed by atoms with van der Waals surface area (Å²) in [6.07, 6.45) is 0.833. The van der Waals surface area contributed by atoms with Gasteiger partial charge in [-0.2, -0.15) is 0 Å². The molecule has 1 heterocycles. The Kier molecular flexibility index (Phi) is 3.95. The Morgan fingerprint density at radius 2 is 1.95 bits per heavy atom. The minimum Gasteiger partial charge on any atom is -0.489 e. The van der Waals surface area contributed by atoms with Crippen molar-refractivity contribution >= 4 is 21.6 Å². The number of benzene rings is 2. The number of fused-ring (bicyclic) bond motifs is 1. The normalized spacial score (nSPS) is 10.8. The third kappa shape index (κ3) is 2.98. The summed E-state index contributed by atoms with van der Waals surface area (Å²) in [4.78, 5) is 4.54. The molecule has 3 rings (SSSR count). The molecule has 0 unspecified atom stereocenters. The van der Waals surface area contributed by atoms with Crippen LogP contribution in [0.5, 0.6) is 5.75 Å². The van der Waals surface area contributed by atoms with Gasteiger partial charge in [-0.05, 0) is 30.3 Å². The van der Waals surface area contributed by atoms with Crippen LogP contribution >= 0.6 is 11.3 Å². The summed E-state index contributed by atoms with van der Waals surface area (Å²) in [7, 11) is 0. The van der Waals surface area contributed by atoms with Gasteiger partial charge in [0.1, 0.15) is 12.4 Å². The van der Waals surface area contributed by atoms with Gasteiger partial charge < -0.3 is 10.5 Å². The first-order valence-electron chi connectivity index (χ1n) is 6.61. The standard InChI is InChI=1S/C16H16N2OS/c17-9-8-16-18-14-7-6-13(10-15(14)20-16)19-11-12-4-2-1-3-5-12/h1-7,10H,8-9,11,17H2. The smallest absolute Gasteiger partial charge is 0.121 e. The van der Waals surface area contributed by atoms with E-state index in [0.29, 0.717) is 13.2 Å². The summed E-state index contributed by atoms with van der Waals surface area (Å²) >= 11 is 1.69. The van der Waals surface area contributed by atoms with Crippen molar-refractivity contribution in [2.24, 2.45) is 5.73 Å². The molecule has 2 aromatic carbocycles. The Labute approximate surface area is 122 Å². The maximum Gasteiger partial charge on any atom is 0.121 e. The molecule has 0 aliphatic heterocycles. The van der Waals surface area contributed by atoms with Gasteiger partial charge in [-0.1, -0.05) is 30.3 Å². The molecule has 0 atom stereocenters. The summed E-state index contributed by atoms with van der Waals surface area (Å²) in [6.45, 7) is 1.22. The summed E-state index contributed by atoms with van der Waals surface area (Å²) in [5.41, 5.74) is 7.75. The molecule has 0 saturated carbocycles. The second kappa shape index (κ2) is 6.03. The molecule has 0 fully saturated rings. The van der Waals surface area contributed by atoms with Crippen LogP contribution < -0.4 is 10.5 Å². The number of nitrogens with two attached hydrogens (primary N) is 1. The highest BCUT2D eigenvalue weighted by atomic mass is 32.1. The third-order valence-electron chi connectivity index (χ3n) is 3.01. The Morgan fingerprint density at radius 1 is 1.10 bits per heavy atom. The van der Waals surface area contributed by atoms with E-state index in [0.717, 1.165) is 27.4 Å². The van der Waals surface area contributed by atoms with E-state index in [9.17, 15) is 0 Å². The molecule has 0 bridgehead atoms. The van der Waals surface area contributed by atoms with E-state index in [-0.39, 0.29) is 0 Å². The van der Waals surface area contributed by atoms with Gasteiger partial charge in [0.15, 0.2) is 0 Å². The maximum absolute atomic E-state index is 5.82. The number of hydrogen-bond donors (Lipinski definition) is 1. The first-order valence-corrected chi connectivity index (χ1v) is 7.43. The van der Waals surface area contributed by atoms with Crippen molar-refractivity contribution in [1.29, 1.82) is 0 Å². The molecule has 4 heteroatoms. The average Bonchev–Trinajstić information content (AvgIpc) is 2.88. The minimum atomic E-state index is 0.584. The molecular formula is C16H16N2OS. The van der Waals surface area contributed by atoms with E-state index in [4.69, 9.17) is 10.5 Å². The van der Waals surface area contributed by atoms with Crippen LogP contribution in [0.25, 0.3) is 10.2 Å². The Morgan fingerprint density at radius 3 is 2.75 bits per heavy atom. The van der Waals surface area contributed by atoms with Crippen molar-refractivity contribution in [1.82, 2.24) is 4.98 Å². The summed E-state index contributed by atoms with van der Waals surface area (Å²) in [6, 6.07) is 16.2. The zero-order chi connectivity index (χ0) is 13.8. The monoisotopic (exact) mass is 284 g/mol. The first kappa shape index (κ1) is 13.1. The molecule has 102 valence electrons. The second-order valence-electron chi connectivity index (χ2n) is 4.55. The molecule has 1 aromatic heterocycles. The van der Waals surface area contributed by atoms with Gasteiger partial charge in [-0.3, -0.25) is 0 Å². The average molecular weight is 284 g/mol. The minimum absolute atomic E-state index is 0.584. The molecule has 3 aromatic rings. The first-order chi connectivity index (χ1) is 9.85. The van der Waals surface area contributed by atoms with E-state index >= 15 is 0 Å². The predicted molar refractivity (Wildman–Crippen MR) is 83.2 cm³/mol. The Bertz CT molecular complexity index is 694. The van der Waals surface area contributed by atoms with E-state index in [1.165, 1.54) is 5.56 Å². The van der Waals surface area contributed by atoms with Gasteiger partial charge in [0.2, 0.25) is 0 Å². The third-order valence-corrected chi connectivity index (χ3v) is 4.09. The highest BCUT2D eigenvalue weighted by Gasteiger charge is 2.05. The number of rotatable bonds is 5. The fourth-order valence-electron chi connectivity index (χ4n) is 2.01. The van der Waals surface area contributed by atoms with Crippen LogP contribution in [0.15, 0.2) is 48.5 Å². The molecular weight excluding hydrogens is 268 g/mol. The fraction of sp³-hybridized carbons (Fsp3) is 0.188. The number of thiazole rings is 1. The van der Waals surface area contributed by atoms with Crippen LogP contribution in [-0.2, 0) is 13.0 Å². The van der Waals surface area contributed by atoms with E-state index in [1.807, 2.05) is 30.3 Å². The summed E-state index contributed by atoms with van der Waals surface area (Å²) in [5, 5.41) is 1.09. The van der Waals surface area contributed by atoms with E-state index in [2.05, 4.69) is 23.2 Å². The Balaban J connectivity index is 1.75. The lowest BCUT2D eigenvalue weighted by Crippen LogP contribution is -2.01. The number of nitrogens with zero attached hydrogens (tertiary/aromatic N) is 1. The molecule has 20 heavy (non-hydrogen) atoms. The van der Waals surface area contributed by atoms with E-state index in [1.54, 1.807) is 11.3 Å². The number of ether oxygens (including phenoxy) is 1. The molecule has 0 aliphatic rings. The topological polar surface area (TPSA) is 48.1 Å². The highest BCUT2D eigenvalue weighted by molar-refractivity contribution is 7.18. The van der Waals surface area contributed by atoms with Crippen LogP contribution in [0.3, 0.4) is 0 Å². The van der Waals surface area contributed by atoms with Crippen molar-refractivity contribution in [2.45, 2.75) is 13.0 Å². The van der Waals surface area contributed by atoms with Crippen molar-refractivity contribution in [3.63, 3.8) is 0 Å². The zero-order valence-corrected chi connectivity index (χ0v) is 11.9. The molecule has 0 spiro atoms. The van der Waals surface area contributed by atoms with Crippen molar-refractivity contribution in [3.8, 4) is 5.75 Å². The van der Waals surface area contributed by atoms with E-state index < -0.39 is 0 Å². The van der Waals surface area contributed by atoms with Crippen LogP contribution in [0.4, 0.5) is 0 Å². The number of aromatic nitrogens is 1. The second-order valence-corrected chi connectivity index (χ2v) is 5.67. The van der Waals surface area contributed by atoms with Crippen LogP contribution in [0.1, 0.15) is 10.6 Å². The SMILES string of the molecule is NCCc1nc2ccc(OCc3ccccc3)cc2s1. The van der Waals surface area contributed by atoms with Gasteiger partial charge >= 0.3 is 0 Å². The molecule has 0 saturated heterocycles. The van der Waals surface area contributed by atoms with Crippen LogP contribution in [0, 0.1) is 0 Å². The van der Waals surface area contributed by atoms with Gasteiger partial charge in [0.25, 0.3) is 0 Å². The predicted octanol–water partition coefficient (Wildman–Crippen LogP) is 3.38. The van der Waals surface area contributed by atoms with Crippen molar-refractivity contribution in [2.75, 3.05) is 6.54 Å². The fourth-order valence-corrected chi connectivity index (χ4v) is 3.02. The van der Waals surface area contributed by atoms with Gasteiger partial charge in [0, 0.05) is 6.42 Å². The highest BCUT2D eigenvalue weighted by Crippen LogP contribution is 2.27. The van der Waals surface area contributed by atoms with Crippen LogP contribution in [-0.4, -0.2) is 11.5 Å². The van der Waals surface area contributed by atoms with Crippen LogP contribution in [0.2, 0.25) is 0 Å². The molecule has 0 amide bonds. The lowest BCUT2D eigenvalue weighted by atomic mass is 10.2. The maximum atomic E-state index is 5.82. The largest absolute Gasteiger partial charge is 0.489 e. The Hall–Kier alpha value is -1.91. The molecule has 2 N–H and O–H groups in total. The summed E-state index contributed by atoms with van der Waals surface area (Å²) < 4.78 is 6.98. The quantitative estimate of drug-likeness (QED) is 0.781. The lowest BCUT2D eigenvalue weighted by molar-refractivity contribution is 0.306. The zero-order valence-electron chi connectivity index (χ0n) is 11.1. The van der Waals surface area contributed by atoms with Gasteiger partial charge in [0.05, 0.1) is 15.2 Å². The lowest BCUT2D eigenvalue weighted by Gasteiger charge is -2.05. The van der Waals surface area contributed by atoms with Crippen molar-refractivity contribution < 1.29 is 4.74 Å². The molecule has 3 nitrogen and oxygen atoms in total. The van der Waals surface area contributed by atoms with Gasteiger partial charge in [-0.15, -0.1) is 11.3 Å². The molecule has 0 radical (unpaired) electrons. The summed E-state index contributed by atoms with van der Waals surface area (Å²) in [5.74, 6) is 0.879. The number of hydrogen-bond acceptors (Lipinski definition) is 4.